The number of ether oxygens (including phenoxy) is 2. The van der Waals surface area contributed by atoms with E-state index in [0.717, 1.165) is 24.9 Å². The number of rotatable bonds is 6. The molecule has 0 radical (unpaired) electrons. The molecule has 7 nitrogen and oxygen atoms in total. The molecular formula is C23H23N3O4. The van der Waals surface area contributed by atoms with Crippen LogP contribution in [0.2, 0.25) is 0 Å². The maximum Gasteiger partial charge on any atom is 0.363 e. The van der Waals surface area contributed by atoms with Gasteiger partial charge in [-0.25, -0.2) is 9.48 Å². The van der Waals surface area contributed by atoms with E-state index in [1.54, 1.807) is 6.20 Å². The predicted octanol–water partition coefficient (Wildman–Crippen LogP) is 3.55. The number of esters is 1. The van der Waals surface area contributed by atoms with Crippen molar-refractivity contribution in [2.45, 2.75) is 32.3 Å². The van der Waals surface area contributed by atoms with Gasteiger partial charge < -0.3 is 14.8 Å². The van der Waals surface area contributed by atoms with Gasteiger partial charge >= 0.3 is 5.97 Å². The fourth-order valence-electron chi connectivity index (χ4n) is 3.53. The summed E-state index contributed by atoms with van der Waals surface area (Å²) in [6, 6.07) is 15.2. The van der Waals surface area contributed by atoms with E-state index in [0.29, 0.717) is 5.69 Å². The van der Waals surface area contributed by atoms with Crippen molar-refractivity contribution in [3.63, 3.8) is 0 Å². The summed E-state index contributed by atoms with van der Waals surface area (Å²) in [7, 11) is 1.45. The van der Waals surface area contributed by atoms with Gasteiger partial charge in [0.1, 0.15) is 0 Å². The third kappa shape index (κ3) is 4.05. The van der Waals surface area contributed by atoms with Crippen molar-refractivity contribution >= 4 is 17.6 Å². The highest BCUT2D eigenvalue weighted by Gasteiger charge is 2.25. The van der Waals surface area contributed by atoms with Crippen molar-refractivity contribution in [2.24, 2.45) is 0 Å². The summed E-state index contributed by atoms with van der Waals surface area (Å²) in [5, 5.41) is 7.09. The molecule has 0 bridgehead atoms. The number of benzene rings is 2. The molecule has 1 amide bonds. The van der Waals surface area contributed by atoms with Crippen LogP contribution in [0.1, 0.15) is 35.0 Å². The lowest BCUT2D eigenvalue weighted by molar-refractivity contribution is -0.123. The molecule has 0 fully saturated rings. The fourth-order valence-corrected chi connectivity index (χ4v) is 3.53. The Morgan fingerprint density at radius 3 is 2.63 bits per heavy atom. The monoisotopic (exact) mass is 405 g/mol. The van der Waals surface area contributed by atoms with E-state index in [1.165, 1.54) is 29.8 Å². The molecule has 7 heteroatoms. The van der Waals surface area contributed by atoms with Crippen molar-refractivity contribution < 1.29 is 19.1 Å². The van der Waals surface area contributed by atoms with Crippen LogP contribution in [0, 0.1) is 0 Å². The molecule has 30 heavy (non-hydrogen) atoms. The Morgan fingerprint density at radius 2 is 1.87 bits per heavy atom. The second-order valence-corrected chi connectivity index (χ2v) is 7.20. The highest BCUT2D eigenvalue weighted by molar-refractivity contribution is 5.97. The van der Waals surface area contributed by atoms with E-state index in [-0.39, 0.29) is 11.4 Å². The minimum atomic E-state index is -0.989. The summed E-state index contributed by atoms with van der Waals surface area (Å²) in [6.45, 7) is 1.53. The van der Waals surface area contributed by atoms with E-state index in [9.17, 15) is 9.59 Å². The standard InChI is InChI=1S/C23H23N3O4/c1-15(22(27)24-18-12-11-16-7-6-8-17(16)13-18)30-23(28)21-20(29-2)14-26(25-21)19-9-4-3-5-10-19/h3-5,9-15H,6-8H2,1-2H3,(H,24,27)/t15-/m1/s1. The minimum absolute atomic E-state index is 0.0125. The number of carbonyl (C=O) groups excluding carboxylic acids is 2. The van der Waals surface area contributed by atoms with Crippen LogP contribution in [0.3, 0.4) is 0 Å². The number of hydrogen-bond acceptors (Lipinski definition) is 5. The molecule has 1 aromatic heterocycles. The van der Waals surface area contributed by atoms with E-state index in [1.807, 2.05) is 48.5 Å². The number of nitrogens with zero attached hydrogens (tertiary/aromatic N) is 2. The fraction of sp³-hybridized carbons (Fsp3) is 0.261. The molecule has 0 spiro atoms. The van der Waals surface area contributed by atoms with Crippen LogP contribution in [0.15, 0.2) is 54.7 Å². The second-order valence-electron chi connectivity index (χ2n) is 7.20. The van der Waals surface area contributed by atoms with Gasteiger partial charge in [0.25, 0.3) is 5.91 Å². The third-order valence-electron chi connectivity index (χ3n) is 5.13. The second kappa shape index (κ2) is 8.41. The molecule has 3 aromatic rings. The SMILES string of the molecule is COc1cn(-c2ccccc2)nc1C(=O)O[C@H](C)C(=O)Nc1ccc2c(c1)CCC2. The molecule has 1 atom stereocenters. The van der Waals surface area contributed by atoms with Gasteiger partial charge in [0.2, 0.25) is 5.69 Å². The first-order valence-electron chi connectivity index (χ1n) is 9.88. The smallest absolute Gasteiger partial charge is 0.363 e. The molecule has 0 aliphatic heterocycles. The number of aryl methyl sites for hydroxylation is 2. The number of fused-ring (bicyclic) bond motifs is 1. The maximum atomic E-state index is 12.6. The van der Waals surface area contributed by atoms with Crippen LogP contribution in [0.4, 0.5) is 5.69 Å². The van der Waals surface area contributed by atoms with Gasteiger partial charge in [-0.2, -0.15) is 5.10 Å². The van der Waals surface area contributed by atoms with Crippen molar-refractivity contribution in [3.05, 3.63) is 71.5 Å². The van der Waals surface area contributed by atoms with Crippen molar-refractivity contribution in [1.29, 1.82) is 0 Å². The lowest BCUT2D eigenvalue weighted by Crippen LogP contribution is -2.30. The van der Waals surface area contributed by atoms with Gasteiger partial charge in [-0.1, -0.05) is 24.3 Å². The van der Waals surface area contributed by atoms with Crippen LogP contribution in [-0.4, -0.2) is 34.9 Å². The van der Waals surface area contributed by atoms with Crippen LogP contribution in [-0.2, 0) is 22.4 Å². The summed E-state index contributed by atoms with van der Waals surface area (Å²) >= 11 is 0. The Balaban J connectivity index is 1.44. The lowest BCUT2D eigenvalue weighted by atomic mass is 10.1. The van der Waals surface area contributed by atoms with Crippen molar-refractivity contribution in [1.82, 2.24) is 9.78 Å². The Kier molecular flexibility index (Phi) is 5.52. The predicted molar refractivity (Wildman–Crippen MR) is 112 cm³/mol. The quantitative estimate of drug-likeness (QED) is 0.634. The summed E-state index contributed by atoms with van der Waals surface area (Å²) < 4.78 is 12.1. The van der Waals surface area contributed by atoms with Gasteiger partial charge in [0, 0.05) is 5.69 Å². The average Bonchev–Trinajstić information content (AvgIpc) is 3.40. The topological polar surface area (TPSA) is 82.5 Å². The Labute approximate surface area is 174 Å². The summed E-state index contributed by atoms with van der Waals surface area (Å²) in [5.74, 6) is -0.851. The lowest BCUT2D eigenvalue weighted by Gasteiger charge is -2.14. The highest BCUT2D eigenvalue weighted by atomic mass is 16.6. The average molecular weight is 405 g/mol. The third-order valence-corrected chi connectivity index (χ3v) is 5.13. The first-order chi connectivity index (χ1) is 14.5. The zero-order valence-corrected chi connectivity index (χ0v) is 16.9. The molecule has 0 unspecified atom stereocenters. The minimum Gasteiger partial charge on any atom is -0.493 e. The van der Waals surface area contributed by atoms with Gasteiger partial charge in [-0.3, -0.25) is 4.79 Å². The van der Waals surface area contributed by atoms with Gasteiger partial charge in [0.15, 0.2) is 11.9 Å². The molecule has 1 N–H and O–H groups in total. The maximum absolute atomic E-state index is 12.6. The van der Waals surface area contributed by atoms with Crippen molar-refractivity contribution in [3.8, 4) is 11.4 Å². The highest BCUT2D eigenvalue weighted by Crippen LogP contribution is 2.25. The molecule has 2 aromatic carbocycles. The Morgan fingerprint density at radius 1 is 1.10 bits per heavy atom. The number of anilines is 1. The molecule has 1 heterocycles. The molecular weight excluding hydrogens is 382 g/mol. The Bertz CT molecular complexity index is 1080. The number of aromatic nitrogens is 2. The number of carbonyl (C=O) groups is 2. The Hall–Kier alpha value is -3.61. The molecule has 4 rings (SSSR count). The number of amides is 1. The van der Waals surface area contributed by atoms with Crippen LogP contribution < -0.4 is 10.1 Å². The zero-order chi connectivity index (χ0) is 21.1. The van der Waals surface area contributed by atoms with Crippen LogP contribution >= 0.6 is 0 Å². The number of para-hydroxylation sites is 1. The first kappa shape index (κ1) is 19.7. The molecule has 154 valence electrons. The van der Waals surface area contributed by atoms with Crippen molar-refractivity contribution in [2.75, 3.05) is 12.4 Å². The molecule has 1 aliphatic rings. The summed E-state index contributed by atoms with van der Waals surface area (Å²) in [5.41, 5.74) is 4.08. The van der Waals surface area contributed by atoms with Gasteiger partial charge in [-0.05, 0) is 61.6 Å². The normalized spacial score (nSPS) is 13.4. The summed E-state index contributed by atoms with van der Waals surface area (Å²) in [6.07, 6.45) is 3.85. The molecule has 0 saturated carbocycles. The molecule has 0 saturated heterocycles. The summed E-state index contributed by atoms with van der Waals surface area (Å²) in [4.78, 5) is 25.1. The van der Waals surface area contributed by atoms with E-state index < -0.39 is 18.0 Å². The number of hydrogen-bond donors (Lipinski definition) is 1. The van der Waals surface area contributed by atoms with E-state index >= 15 is 0 Å². The van der Waals surface area contributed by atoms with Gasteiger partial charge in [0.05, 0.1) is 19.0 Å². The van der Waals surface area contributed by atoms with Crippen LogP contribution in [0.5, 0.6) is 5.75 Å². The first-order valence-corrected chi connectivity index (χ1v) is 9.88. The van der Waals surface area contributed by atoms with E-state index in [2.05, 4.69) is 10.4 Å². The van der Waals surface area contributed by atoms with Gasteiger partial charge in [-0.15, -0.1) is 0 Å². The van der Waals surface area contributed by atoms with E-state index in [4.69, 9.17) is 9.47 Å². The number of nitrogens with one attached hydrogen (secondary N) is 1. The zero-order valence-electron chi connectivity index (χ0n) is 16.9. The largest absolute Gasteiger partial charge is 0.493 e. The number of methoxy groups -OCH3 is 1. The molecule has 1 aliphatic carbocycles. The van der Waals surface area contributed by atoms with Crippen LogP contribution in [0.25, 0.3) is 5.69 Å².